The minimum absolute atomic E-state index is 0.0552. The summed E-state index contributed by atoms with van der Waals surface area (Å²) in [5.74, 6) is -0.751. The van der Waals surface area contributed by atoms with Crippen molar-refractivity contribution >= 4 is 21.8 Å². The molecule has 2 nitrogen and oxygen atoms in total. The molecule has 2 rings (SSSR count). The summed E-state index contributed by atoms with van der Waals surface area (Å²) in [7, 11) is 0. The van der Waals surface area contributed by atoms with Gasteiger partial charge < -0.3 is 5.32 Å². The van der Waals surface area contributed by atoms with Gasteiger partial charge in [0.15, 0.2) is 0 Å². The van der Waals surface area contributed by atoms with E-state index in [1.165, 1.54) is 6.07 Å². The molecule has 0 spiro atoms. The van der Waals surface area contributed by atoms with Crippen molar-refractivity contribution < 1.29 is 9.18 Å². The number of nitrogens with one attached hydrogen (secondary N) is 1. The molecule has 0 saturated heterocycles. The van der Waals surface area contributed by atoms with Gasteiger partial charge in [0.2, 0.25) is 0 Å². The molecule has 0 fully saturated rings. The fraction of sp³-hybridized carbons (Fsp3) is 0.188. The third kappa shape index (κ3) is 3.45. The Balaban J connectivity index is 2.01. The van der Waals surface area contributed by atoms with Gasteiger partial charge in [-0.05, 0) is 39.5 Å². The zero-order valence-electron chi connectivity index (χ0n) is 11.1. The molecule has 2 aromatic rings. The predicted molar refractivity (Wildman–Crippen MR) is 81.3 cm³/mol. The number of carbonyl (C=O) groups is 1. The molecule has 2 aromatic carbocycles. The maximum Gasteiger partial charge on any atom is 0.254 e. The number of hydrogen-bond acceptors (Lipinski definition) is 1. The third-order valence-electron chi connectivity index (χ3n) is 3.13. The topological polar surface area (TPSA) is 29.1 Å². The molecule has 0 aliphatic heterocycles. The Morgan fingerprint density at radius 3 is 2.60 bits per heavy atom. The number of amides is 1. The van der Waals surface area contributed by atoms with E-state index in [0.29, 0.717) is 11.0 Å². The number of hydrogen-bond donors (Lipinski definition) is 1. The Morgan fingerprint density at radius 2 is 1.90 bits per heavy atom. The number of benzene rings is 2. The quantitative estimate of drug-likeness (QED) is 0.894. The van der Waals surface area contributed by atoms with E-state index >= 15 is 0 Å². The molecule has 104 valence electrons. The molecular formula is C16H15BrFNO. The van der Waals surface area contributed by atoms with Crippen molar-refractivity contribution in [3.63, 3.8) is 0 Å². The second kappa shape index (κ2) is 6.66. The van der Waals surface area contributed by atoms with Gasteiger partial charge in [-0.2, -0.15) is 0 Å². The Morgan fingerprint density at radius 1 is 1.20 bits per heavy atom. The minimum Gasteiger partial charge on any atom is -0.351 e. The third-order valence-corrected chi connectivity index (χ3v) is 3.75. The fourth-order valence-electron chi connectivity index (χ4n) is 1.92. The van der Waals surface area contributed by atoms with E-state index in [9.17, 15) is 9.18 Å². The zero-order chi connectivity index (χ0) is 14.5. The van der Waals surface area contributed by atoms with Gasteiger partial charge in [0, 0.05) is 6.54 Å². The molecule has 20 heavy (non-hydrogen) atoms. The van der Waals surface area contributed by atoms with Gasteiger partial charge in [-0.3, -0.25) is 4.79 Å². The summed E-state index contributed by atoms with van der Waals surface area (Å²) in [5, 5.41) is 2.77. The van der Waals surface area contributed by atoms with E-state index in [-0.39, 0.29) is 11.5 Å². The summed E-state index contributed by atoms with van der Waals surface area (Å²) < 4.78 is 14.1. The summed E-state index contributed by atoms with van der Waals surface area (Å²) in [6, 6.07) is 14.6. The molecule has 1 amide bonds. The predicted octanol–water partition coefficient (Wildman–Crippen LogP) is 4.12. The first-order chi connectivity index (χ1) is 9.59. The van der Waals surface area contributed by atoms with Crippen LogP contribution in [0.5, 0.6) is 0 Å². The number of carbonyl (C=O) groups excluding carboxylic acids is 1. The maximum atomic E-state index is 13.8. The molecule has 0 radical (unpaired) electrons. The largest absolute Gasteiger partial charge is 0.351 e. The van der Waals surface area contributed by atoms with Crippen molar-refractivity contribution in [2.75, 3.05) is 6.54 Å². The summed E-state index contributed by atoms with van der Waals surface area (Å²) in [4.78, 5) is 12.0. The molecule has 4 heteroatoms. The van der Waals surface area contributed by atoms with Gasteiger partial charge in [0.1, 0.15) is 5.82 Å². The van der Waals surface area contributed by atoms with Crippen LogP contribution in [0.4, 0.5) is 4.39 Å². The van der Waals surface area contributed by atoms with Gasteiger partial charge >= 0.3 is 0 Å². The van der Waals surface area contributed by atoms with Crippen molar-refractivity contribution in [1.29, 1.82) is 0 Å². The maximum absolute atomic E-state index is 13.8. The molecule has 0 aliphatic rings. The fourth-order valence-corrected chi connectivity index (χ4v) is 2.29. The average Bonchev–Trinajstić information content (AvgIpc) is 2.48. The Labute approximate surface area is 126 Å². The lowest BCUT2D eigenvalue weighted by atomic mass is 10.0. The van der Waals surface area contributed by atoms with E-state index in [1.54, 1.807) is 12.1 Å². The van der Waals surface area contributed by atoms with E-state index < -0.39 is 11.7 Å². The van der Waals surface area contributed by atoms with Gasteiger partial charge in [0.05, 0.1) is 10.0 Å². The van der Waals surface area contributed by atoms with Gasteiger partial charge in [-0.15, -0.1) is 0 Å². The van der Waals surface area contributed by atoms with Crippen LogP contribution >= 0.6 is 15.9 Å². The summed E-state index contributed by atoms with van der Waals surface area (Å²) in [6.07, 6.45) is 0. The van der Waals surface area contributed by atoms with Crippen LogP contribution in [-0.2, 0) is 0 Å². The lowest BCUT2D eigenvalue weighted by Gasteiger charge is -2.13. The van der Waals surface area contributed by atoms with Crippen LogP contribution < -0.4 is 5.32 Å². The van der Waals surface area contributed by atoms with Crippen LogP contribution in [0.25, 0.3) is 0 Å². The van der Waals surface area contributed by atoms with Crippen LogP contribution in [0.3, 0.4) is 0 Å². The van der Waals surface area contributed by atoms with Crippen molar-refractivity contribution in [2.45, 2.75) is 12.8 Å². The average molecular weight is 336 g/mol. The van der Waals surface area contributed by atoms with Crippen molar-refractivity contribution in [2.24, 2.45) is 0 Å². The smallest absolute Gasteiger partial charge is 0.254 e. The molecule has 1 unspecified atom stereocenters. The van der Waals surface area contributed by atoms with Gasteiger partial charge in [0.25, 0.3) is 5.91 Å². The van der Waals surface area contributed by atoms with Crippen LogP contribution in [0, 0.1) is 5.82 Å². The zero-order valence-corrected chi connectivity index (χ0v) is 12.7. The highest BCUT2D eigenvalue weighted by Gasteiger charge is 2.14. The number of halogens is 2. The standard InChI is InChI=1S/C16H15BrFNO/c1-11(12-6-3-2-4-7-12)10-19-16(20)13-8-5-9-14(17)15(13)18/h2-9,11H,10H2,1H3,(H,19,20). The second-order valence-electron chi connectivity index (χ2n) is 4.62. The van der Waals surface area contributed by atoms with E-state index in [0.717, 1.165) is 5.56 Å². The molecule has 1 N–H and O–H groups in total. The van der Waals surface area contributed by atoms with Crippen molar-refractivity contribution in [3.8, 4) is 0 Å². The molecular weight excluding hydrogens is 321 g/mol. The first-order valence-electron chi connectivity index (χ1n) is 6.36. The Kier molecular flexibility index (Phi) is 4.90. The van der Waals surface area contributed by atoms with Crippen LogP contribution in [0.15, 0.2) is 53.0 Å². The minimum atomic E-state index is -0.530. The molecule has 0 bridgehead atoms. The second-order valence-corrected chi connectivity index (χ2v) is 5.48. The monoisotopic (exact) mass is 335 g/mol. The van der Waals surface area contributed by atoms with Crippen molar-refractivity contribution in [1.82, 2.24) is 5.32 Å². The Bertz CT molecular complexity index is 601. The van der Waals surface area contributed by atoms with Crippen LogP contribution in [0.2, 0.25) is 0 Å². The number of rotatable bonds is 4. The summed E-state index contributed by atoms with van der Waals surface area (Å²) in [6.45, 7) is 2.49. The normalized spacial score (nSPS) is 11.9. The summed E-state index contributed by atoms with van der Waals surface area (Å²) in [5.41, 5.74) is 1.20. The molecule has 0 heterocycles. The lowest BCUT2D eigenvalue weighted by Crippen LogP contribution is -2.28. The van der Waals surface area contributed by atoms with Crippen LogP contribution in [-0.4, -0.2) is 12.5 Å². The first-order valence-corrected chi connectivity index (χ1v) is 7.16. The summed E-state index contributed by atoms with van der Waals surface area (Å²) >= 11 is 3.08. The van der Waals surface area contributed by atoms with E-state index in [1.807, 2.05) is 37.3 Å². The Hall–Kier alpha value is -1.68. The highest BCUT2D eigenvalue weighted by atomic mass is 79.9. The molecule has 0 saturated carbocycles. The van der Waals surface area contributed by atoms with Gasteiger partial charge in [-0.1, -0.05) is 43.3 Å². The lowest BCUT2D eigenvalue weighted by molar-refractivity contribution is 0.0947. The highest BCUT2D eigenvalue weighted by Crippen LogP contribution is 2.19. The molecule has 1 atom stereocenters. The molecule has 0 aliphatic carbocycles. The first kappa shape index (κ1) is 14.7. The van der Waals surface area contributed by atoms with E-state index in [2.05, 4.69) is 21.2 Å². The SMILES string of the molecule is CC(CNC(=O)c1cccc(Br)c1F)c1ccccc1. The van der Waals surface area contributed by atoms with E-state index in [4.69, 9.17) is 0 Å². The van der Waals surface area contributed by atoms with Gasteiger partial charge in [-0.25, -0.2) is 4.39 Å². The highest BCUT2D eigenvalue weighted by molar-refractivity contribution is 9.10. The molecule has 0 aromatic heterocycles. The van der Waals surface area contributed by atoms with Crippen LogP contribution in [0.1, 0.15) is 28.8 Å². The van der Waals surface area contributed by atoms with Crippen molar-refractivity contribution in [3.05, 3.63) is 69.9 Å².